The molecule has 4 atom stereocenters. The Bertz CT molecular complexity index is 1510. The van der Waals surface area contributed by atoms with Gasteiger partial charge in [0.05, 0.1) is 25.3 Å². The fourth-order valence-electron chi connectivity index (χ4n) is 5.73. The molecule has 3 amide bonds. The Morgan fingerprint density at radius 3 is 1.96 bits per heavy atom. The number of hydrogen-bond donors (Lipinski definition) is 1. The molecular weight excluding hydrogens is 600 g/mol. The van der Waals surface area contributed by atoms with Crippen LogP contribution in [0.2, 0.25) is 0 Å². The molecule has 2 saturated heterocycles. The predicted molar refractivity (Wildman–Crippen MR) is 174 cm³/mol. The van der Waals surface area contributed by atoms with Crippen LogP contribution in [0.3, 0.4) is 0 Å². The van der Waals surface area contributed by atoms with Crippen molar-refractivity contribution in [3.8, 4) is 0 Å². The third kappa shape index (κ3) is 8.48. The quantitative estimate of drug-likeness (QED) is 0.299. The van der Waals surface area contributed by atoms with E-state index in [1.54, 1.807) is 51.5 Å². The lowest BCUT2D eigenvalue weighted by molar-refractivity contribution is -0.216. The summed E-state index contributed by atoms with van der Waals surface area (Å²) in [5, 5.41) is 2.68. The fraction of sp³-hybridized carbons (Fsp3) is 0.417. The largest absolute Gasteiger partial charge is 0.443 e. The van der Waals surface area contributed by atoms with E-state index in [-0.39, 0.29) is 19.8 Å². The summed E-state index contributed by atoms with van der Waals surface area (Å²) in [7, 11) is 0. The summed E-state index contributed by atoms with van der Waals surface area (Å²) in [5.74, 6) is -0.436. The second-order valence-corrected chi connectivity index (χ2v) is 13.6. The van der Waals surface area contributed by atoms with Gasteiger partial charge in [0.25, 0.3) is 5.91 Å². The monoisotopic (exact) mass is 644 g/mol. The lowest BCUT2D eigenvalue weighted by atomic mass is 10.0. The first-order valence-electron chi connectivity index (χ1n) is 15.8. The summed E-state index contributed by atoms with van der Waals surface area (Å²) < 4.78 is 17.5. The lowest BCUT2D eigenvalue weighted by Crippen LogP contribution is -2.62. The molecule has 0 saturated carbocycles. The van der Waals surface area contributed by atoms with Crippen LogP contribution >= 0.6 is 0 Å². The maximum absolute atomic E-state index is 14.7. The molecule has 2 aliphatic heterocycles. The van der Waals surface area contributed by atoms with Gasteiger partial charge in [0.1, 0.15) is 11.2 Å². The number of fused-ring (bicyclic) bond motifs is 1. The average Bonchev–Trinajstić information content (AvgIpc) is 3.56. The molecule has 250 valence electrons. The summed E-state index contributed by atoms with van der Waals surface area (Å²) in [6.07, 6.45) is -2.53. The molecule has 47 heavy (non-hydrogen) atoms. The van der Waals surface area contributed by atoms with Gasteiger partial charge in [-0.2, -0.15) is 5.06 Å². The molecular formula is C36H44N4O7. The van der Waals surface area contributed by atoms with Crippen molar-refractivity contribution in [2.75, 3.05) is 6.61 Å². The number of hydrogen-bond acceptors (Lipinski definition) is 8. The van der Waals surface area contributed by atoms with Gasteiger partial charge in [-0.05, 0) is 52.7 Å². The molecule has 2 fully saturated rings. The van der Waals surface area contributed by atoms with Gasteiger partial charge < -0.3 is 19.1 Å². The van der Waals surface area contributed by atoms with Gasteiger partial charge in [-0.1, -0.05) is 91.0 Å². The molecule has 3 aromatic rings. The molecule has 0 aliphatic carbocycles. The van der Waals surface area contributed by atoms with Crippen molar-refractivity contribution in [1.29, 1.82) is 0 Å². The van der Waals surface area contributed by atoms with E-state index in [1.165, 1.54) is 0 Å². The van der Waals surface area contributed by atoms with Crippen molar-refractivity contribution in [3.63, 3.8) is 0 Å². The number of ether oxygens (including phenoxy) is 3. The standard InChI is InChI=1S/C36H44N4O7/c1-35(2,3)46-33(42)37-40(34(43)47-36(4,5)6)30-29(28-24-44-32(39(28)31(30)41)27-20-14-9-15-21-27)38(22-25-16-10-7-11-17-25)45-23-26-18-12-8-13-19-26/h7-21,28-30,32H,22-24H2,1-6H3,(H,37,42)/t28-,29-,30+,32-/m1/s1. The van der Waals surface area contributed by atoms with Crippen LogP contribution in [0.1, 0.15) is 64.5 Å². The van der Waals surface area contributed by atoms with E-state index < -0.39 is 53.6 Å². The minimum Gasteiger partial charge on any atom is -0.443 e. The van der Waals surface area contributed by atoms with E-state index in [4.69, 9.17) is 19.0 Å². The molecule has 3 aromatic carbocycles. The maximum Gasteiger partial charge on any atom is 0.430 e. The van der Waals surface area contributed by atoms with Crippen molar-refractivity contribution in [3.05, 3.63) is 108 Å². The Kier molecular flexibility index (Phi) is 10.2. The molecule has 5 rings (SSSR count). The van der Waals surface area contributed by atoms with Gasteiger partial charge >= 0.3 is 12.2 Å². The molecule has 1 N–H and O–H groups in total. The van der Waals surface area contributed by atoms with Crippen molar-refractivity contribution in [2.45, 2.75) is 90.2 Å². The molecule has 11 heteroatoms. The highest BCUT2D eigenvalue weighted by Crippen LogP contribution is 2.41. The van der Waals surface area contributed by atoms with Crippen molar-refractivity contribution in [2.24, 2.45) is 0 Å². The summed E-state index contributed by atoms with van der Waals surface area (Å²) in [5.41, 5.74) is 3.39. The van der Waals surface area contributed by atoms with Crippen molar-refractivity contribution >= 4 is 18.1 Å². The Labute approximate surface area is 276 Å². The Balaban J connectivity index is 1.59. The first-order chi connectivity index (χ1) is 22.3. The van der Waals surface area contributed by atoms with Gasteiger partial charge in [0.15, 0.2) is 12.3 Å². The Morgan fingerprint density at radius 2 is 1.38 bits per heavy atom. The second-order valence-electron chi connectivity index (χ2n) is 13.6. The Hall–Kier alpha value is -4.45. The zero-order valence-corrected chi connectivity index (χ0v) is 27.8. The lowest BCUT2D eigenvalue weighted by Gasteiger charge is -2.38. The van der Waals surface area contributed by atoms with Crippen molar-refractivity contribution < 1.29 is 33.4 Å². The summed E-state index contributed by atoms with van der Waals surface area (Å²) in [4.78, 5) is 50.1. The van der Waals surface area contributed by atoms with Gasteiger partial charge in [-0.25, -0.2) is 20.0 Å². The second kappa shape index (κ2) is 14.1. The number of nitrogens with one attached hydrogen (secondary N) is 1. The highest BCUT2D eigenvalue weighted by Gasteiger charge is 2.60. The molecule has 2 heterocycles. The maximum atomic E-state index is 14.7. The molecule has 2 aliphatic rings. The van der Waals surface area contributed by atoms with Crippen LogP contribution in [-0.4, -0.2) is 69.0 Å². The number of carbonyl (C=O) groups is 3. The fourth-order valence-corrected chi connectivity index (χ4v) is 5.73. The molecule has 0 bridgehead atoms. The highest BCUT2D eigenvalue weighted by molar-refractivity contribution is 5.90. The number of benzene rings is 3. The van der Waals surface area contributed by atoms with Crippen LogP contribution in [0.15, 0.2) is 91.0 Å². The van der Waals surface area contributed by atoms with E-state index >= 15 is 0 Å². The molecule has 0 aromatic heterocycles. The first kappa shape index (κ1) is 33.9. The van der Waals surface area contributed by atoms with Crippen LogP contribution in [-0.2, 0) is 37.0 Å². The topological polar surface area (TPSA) is 110 Å². The van der Waals surface area contributed by atoms with Crippen molar-refractivity contribution in [1.82, 2.24) is 20.4 Å². The van der Waals surface area contributed by atoms with Gasteiger partial charge in [0, 0.05) is 12.1 Å². The van der Waals surface area contributed by atoms with Crippen LogP contribution < -0.4 is 5.43 Å². The molecule has 0 radical (unpaired) electrons. The van der Waals surface area contributed by atoms with Crippen LogP contribution in [0, 0.1) is 0 Å². The minimum absolute atomic E-state index is 0.168. The molecule has 11 nitrogen and oxygen atoms in total. The summed E-state index contributed by atoms with van der Waals surface area (Å²) >= 11 is 0. The average molecular weight is 645 g/mol. The van der Waals surface area contributed by atoms with Gasteiger partial charge in [-0.3, -0.25) is 9.63 Å². The third-order valence-corrected chi connectivity index (χ3v) is 7.58. The van der Waals surface area contributed by atoms with Gasteiger partial charge in [0.2, 0.25) is 0 Å². The number of rotatable bonds is 8. The first-order valence-corrected chi connectivity index (χ1v) is 15.8. The van der Waals surface area contributed by atoms with E-state index in [1.807, 2.05) is 91.0 Å². The zero-order chi connectivity index (χ0) is 33.8. The number of amides is 3. The molecule has 0 unspecified atom stereocenters. The van der Waals surface area contributed by atoms with Crippen LogP contribution in [0.25, 0.3) is 0 Å². The SMILES string of the molecule is CC(C)(C)OC(=O)NN(C(=O)OC(C)(C)C)[C@@H]1C(=O)N2[C@@H](c3ccccc3)OC[C@@H]2[C@H]1N(Cc1ccccc1)OCc1ccccc1. The van der Waals surface area contributed by atoms with Crippen LogP contribution in [0.5, 0.6) is 0 Å². The third-order valence-electron chi connectivity index (χ3n) is 7.58. The number of hydrazine groups is 1. The van der Waals surface area contributed by atoms with Gasteiger partial charge in [-0.15, -0.1) is 0 Å². The number of carbonyl (C=O) groups excluding carboxylic acids is 3. The smallest absolute Gasteiger partial charge is 0.430 e. The predicted octanol–water partition coefficient (Wildman–Crippen LogP) is 5.97. The van der Waals surface area contributed by atoms with E-state index in [0.717, 1.165) is 21.7 Å². The minimum atomic E-state index is -1.27. The zero-order valence-electron chi connectivity index (χ0n) is 27.8. The summed E-state index contributed by atoms with van der Waals surface area (Å²) in [6.45, 7) is 10.9. The highest BCUT2D eigenvalue weighted by atomic mass is 16.7. The van der Waals surface area contributed by atoms with E-state index in [9.17, 15) is 14.4 Å². The Morgan fingerprint density at radius 1 is 0.830 bits per heavy atom. The van der Waals surface area contributed by atoms with Crippen LogP contribution in [0.4, 0.5) is 9.59 Å². The molecule has 0 spiro atoms. The number of nitrogens with zero attached hydrogens (tertiary/aromatic N) is 3. The van der Waals surface area contributed by atoms with E-state index in [0.29, 0.717) is 0 Å². The number of hydroxylamine groups is 2. The van der Waals surface area contributed by atoms with E-state index in [2.05, 4.69) is 5.43 Å². The normalized spacial score (nSPS) is 21.0. The summed E-state index contributed by atoms with van der Waals surface area (Å²) in [6, 6.07) is 26.2.